The zero-order chi connectivity index (χ0) is 12.6. The fraction of sp³-hybridized carbons (Fsp3) is 0.250. The fourth-order valence-electron chi connectivity index (χ4n) is 1.59. The standard InChI is InChI=1S/C12H9BrCl2O2/c1-2-3-9(16)10-4-6-11(15)7(13)5-8(14)12(6)17-10/h4-5H,2-3H2,1H3. The second-order valence-corrected chi connectivity index (χ2v) is 5.32. The Morgan fingerprint density at radius 2 is 2.12 bits per heavy atom. The molecule has 0 amide bonds. The number of fused-ring (bicyclic) bond motifs is 1. The van der Waals surface area contributed by atoms with Gasteiger partial charge in [-0.05, 0) is 34.5 Å². The van der Waals surface area contributed by atoms with Gasteiger partial charge in [-0.2, -0.15) is 0 Å². The topological polar surface area (TPSA) is 30.2 Å². The van der Waals surface area contributed by atoms with Gasteiger partial charge in [0, 0.05) is 16.3 Å². The molecule has 0 aliphatic carbocycles. The Morgan fingerprint density at radius 1 is 1.41 bits per heavy atom. The summed E-state index contributed by atoms with van der Waals surface area (Å²) < 4.78 is 6.15. The number of furan rings is 1. The van der Waals surface area contributed by atoms with Crippen LogP contribution in [0.3, 0.4) is 0 Å². The molecule has 0 saturated carbocycles. The van der Waals surface area contributed by atoms with Crippen LogP contribution in [0.15, 0.2) is 21.0 Å². The average Bonchev–Trinajstić information content (AvgIpc) is 2.72. The minimum Gasteiger partial charge on any atom is -0.451 e. The molecule has 2 rings (SSSR count). The number of Topliss-reactive ketones (excluding diaryl/α,β-unsaturated/α-hetero) is 1. The lowest BCUT2D eigenvalue weighted by atomic mass is 10.2. The summed E-state index contributed by atoms with van der Waals surface area (Å²) >= 11 is 15.5. The quantitative estimate of drug-likeness (QED) is 0.548. The average molecular weight is 336 g/mol. The van der Waals surface area contributed by atoms with Crippen molar-refractivity contribution in [3.63, 3.8) is 0 Å². The molecule has 2 nitrogen and oxygen atoms in total. The molecule has 0 fully saturated rings. The molecule has 1 heterocycles. The maximum Gasteiger partial charge on any atom is 0.198 e. The number of ketones is 1. The van der Waals surface area contributed by atoms with E-state index in [1.165, 1.54) is 0 Å². The van der Waals surface area contributed by atoms with Gasteiger partial charge in [-0.15, -0.1) is 0 Å². The molecule has 90 valence electrons. The Labute approximate surface area is 117 Å². The summed E-state index contributed by atoms with van der Waals surface area (Å²) in [6.45, 7) is 1.94. The van der Waals surface area contributed by atoms with Crippen molar-refractivity contribution in [3.05, 3.63) is 32.4 Å². The Bertz CT molecular complexity index is 590. The van der Waals surface area contributed by atoms with Gasteiger partial charge in [0.2, 0.25) is 0 Å². The third-order valence-electron chi connectivity index (χ3n) is 2.40. The van der Waals surface area contributed by atoms with Crippen molar-refractivity contribution in [3.8, 4) is 0 Å². The first-order valence-electron chi connectivity index (χ1n) is 5.14. The number of carbonyl (C=O) groups excluding carboxylic acids is 1. The van der Waals surface area contributed by atoms with Crippen LogP contribution in [0.1, 0.15) is 30.3 Å². The minimum atomic E-state index is -0.0352. The summed E-state index contributed by atoms with van der Waals surface area (Å²) in [4.78, 5) is 11.7. The van der Waals surface area contributed by atoms with E-state index in [9.17, 15) is 4.79 Å². The highest BCUT2D eigenvalue weighted by atomic mass is 79.9. The highest BCUT2D eigenvalue weighted by Crippen LogP contribution is 2.38. The lowest BCUT2D eigenvalue weighted by Crippen LogP contribution is -1.94. The zero-order valence-corrected chi connectivity index (χ0v) is 12.1. The van der Waals surface area contributed by atoms with Gasteiger partial charge in [-0.25, -0.2) is 0 Å². The molecule has 5 heteroatoms. The van der Waals surface area contributed by atoms with E-state index >= 15 is 0 Å². The molecule has 0 bridgehead atoms. The lowest BCUT2D eigenvalue weighted by Gasteiger charge is -1.98. The summed E-state index contributed by atoms with van der Waals surface area (Å²) in [5, 5.41) is 1.60. The molecule has 0 atom stereocenters. The van der Waals surface area contributed by atoms with Gasteiger partial charge in [0.15, 0.2) is 17.1 Å². The molecule has 17 heavy (non-hydrogen) atoms. The lowest BCUT2D eigenvalue weighted by molar-refractivity contribution is 0.0957. The van der Waals surface area contributed by atoms with Crippen LogP contribution in [0.2, 0.25) is 10.0 Å². The predicted octanol–water partition coefficient (Wildman–Crippen LogP) is 5.48. The molecule has 0 spiro atoms. The number of carbonyl (C=O) groups is 1. The summed E-state index contributed by atoms with van der Waals surface area (Å²) in [6.07, 6.45) is 1.23. The Balaban J connectivity index is 2.61. The molecule has 0 saturated heterocycles. The van der Waals surface area contributed by atoms with Crippen LogP contribution in [-0.2, 0) is 0 Å². The third kappa shape index (κ3) is 2.37. The molecular formula is C12H9BrCl2O2. The number of hydrogen-bond acceptors (Lipinski definition) is 2. The number of halogens is 3. The van der Waals surface area contributed by atoms with Gasteiger partial charge >= 0.3 is 0 Å². The van der Waals surface area contributed by atoms with E-state index in [2.05, 4.69) is 15.9 Å². The van der Waals surface area contributed by atoms with Crippen molar-refractivity contribution >= 4 is 55.9 Å². The van der Waals surface area contributed by atoms with E-state index in [0.717, 1.165) is 6.42 Å². The first kappa shape index (κ1) is 12.9. The predicted molar refractivity (Wildman–Crippen MR) is 73.2 cm³/mol. The molecule has 0 aliphatic heterocycles. The van der Waals surface area contributed by atoms with Crippen LogP contribution >= 0.6 is 39.1 Å². The first-order chi connectivity index (χ1) is 8.04. The van der Waals surface area contributed by atoms with E-state index in [1.807, 2.05) is 6.92 Å². The number of hydrogen-bond donors (Lipinski definition) is 0. The van der Waals surface area contributed by atoms with Gasteiger partial charge < -0.3 is 4.42 Å². The van der Waals surface area contributed by atoms with Gasteiger partial charge in [0.1, 0.15) is 0 Å². The second kappa shape index (κ2) is 5.01. The zero-order valence-electron chi connectivity index (χ0n) is 9.02. The highest BCUT2D eigenvalue weighted by Gasteiger charge is 2.17. The smallest absolute Gasteiger partial charge is 0.198 e. The molecule has 0 unspecified atom stereocenters. The fourth-order valence-corrected chi connectivity index (χ4v) is 2.61. The molecular weight excluding hydrogens is 327 g/mol. The third-order valence-corrected chi connectivity index (χ3v) is 3.94. The van der Waals surface area contributed by atoms with Crippen molar-refractivity contribution in [2.24, 2.45) is 0 Å². The molecule has 0 aliphatic rings. The summed E-state index contributed by atoms with van der Waals surface area (Å²) in [6, 6.07) is 3.30. The van der Waals surface area contributed by atoms with Gasteiger partial charge in [0.05, 0.1) is 10.0 Å². The summed E-state index contributed by atoms with van der Waals surface area (Å²) in [7, 11) is 0. The van der Waals surface area contributed by atoms with Gasteiger partial charge in [-0.1, -0.05) is 30.1 Å². The number of benzene rings is 1. The maximum atomic E-state index is 11.7. The Morgan fingerprint density at radius 3 is 2.76 bits per heavy atom. The van der Waals surface area contributed by atoms with Crippen molar-refractivity contribution in [2.45, 2.75) is 19.8 Å². The Hall–Kier alpha value is -0.510. The molecule has 0 radical (unpaired) electrons. The molecule has 1 aromatic heterocycles. The van der Waals surface area contributed by atoms with Crippen LogP contribution in [0.5, 0.6) is 0 Å². The van der Waals surface area contributed by atoms with Crippen LogP contribution < -0.4 is 0 Å². The SMILES string of the molecule is CCCC(=O)c1cc2c(Cl)c(Br)cc(Cl)c2o1. The maximum absolute atomic E-state index is 11.7. The second-order valence-electron chi connectivity index (χ2n) is 3.68. The number of rotatable bonds is 3. The largest absolute Gasteiger partial charge is 0.451 e. The van der Waals surface area contributed by atoms with Crippen LogP contribution in [0, 0.1) is 0 Å². The van der Waals surface area contributed by atoms with Gasteiger partial charge in [-0.3, -0.25) is 4.79 Å². The van der Waals surface area contributed by atoms with Crippen molar-refractivity contribution in [2.75, 3.05) is 0 Å². The van der Waals surface area contributed by atoms with E-state index < -0.39 is 0 Å². The van der Waals surface area contributed by atoms with Crippen molar-refractivity contribution in [1.82, 2.24) is 0 Å². The van der Waals surface area contributed by atoms with E-state index in [-0.39, 0.29) is 5.78 Å². The van der Waals surface area contributed by atoms with Crippen molar-refractivity contribution in [1.29, 1.82) is 0 Å². The van der Waals surface area contributed by atoms with Crippen LogP contribution in [-0.4, -0.2) is 5.78 Å². The van der Waals surface area contributed by atoms with Gasteiger partial charge in [0.25, 0.3) is 0 Å². The monoisotopic (exact) mass is 334 g/mol. The van der Waals surface area contributed by atoms with E-state index in [0.29, 0.717) is 37.7 Å². The normalized spacial score (nSPS) is 11.1. The molecule has 1 aromatic carbocycles. The van der Waals surface area contributed by atoms with E-state index in [1.54, 1.807) is 12.1 Å². The summed E-state index contributed by atoms with van der Waals surface area (Å²) in [5.74, 6) is 0.274. The van der Waals surface area contributed by atoms with Crippen LogP contribution in [0.4, 0.5) is 0 Å². The van der Waals surface area contributed by atoms with E-state index in [4.69, 9.17) is 27.6 Å². The van der Waals surface area contributed by atoms with Crippen LogP contribution in [0.25, 0.3) is 11.0 Å². The van der Waals surface area contributed by atoms with Crippen molar-refractivity contribution < 1.29 is 9.21 Å². The molecule has 0 N–H and O–H groups in total. The first-order valence-corrected chi connectivity index (χ1v) is 6.69. The highest BCUT2D eigenvalue weighted by molar-refractivity contribution is 9.10. The Kier molecular flexibility index (Phi) is 3.81. The molecule has 2 aromatic rings. The summed E-state index contributed by atoms with van der Waals surface area (Å²) in [5.41, 5.74) is 0.458. The minimum absolute atomic E-state index is 0.0352.